The molecule has 4 N–H and O–H groups in total. The van der Waals surface area contributed by atoms with Crippen molar-refractivity contribution in [3.63, 3.8) is 0 Å². The van der Waals surface area contributed by atoms with E-state index in [4.69, 9.17) is 10.5 Å². The maximum absolute atomic E-state index is 11.3. The summed E-state index contributed by atoms with van der Waals surface area (Å²) in [6.07, 6.45) is 1.10. The standard InChI is InChI=1S/C13H24N4O3S/c1-9(2)20-12-10(14)6-7-11(16-12)15-8-13(3,4)17-21(5,18)19/h6-7,9,17H,8,14H2,1-5H3,(H,15,16). The zero-order valence-corrected chi connectivity index (χ0v) is 13.9. The van der Waals surface area contributed by atoms with Gasteiger partial charge in [0.1, 0.15) is 5.82 Å². The lowest BCUT2D eigenvalue weighted by Crippen LogP contribution is -2.47. The van der Waals surface area contributed by atoms with Gasteiger partial charge in [-0.25, -0.2) is 13.1 Å². The number of nitrogen functional groups attached to an aromatic ring is 1. The van der Waals surface area contributed by atoms with Crippen molar-refractivity contribution < 1.29 is 13.2 Å². The molecule has 0 aliphatic rings. The van der Waals surface area contributed by atoms with Crippen LogP contribution in [0.4, 0.5) is 11.5 Å². The van der Waals surface area contributed by atoms with Crippen molar-refractivity contribution in [1.29, 1.82) is 0 Å². The molecule has 21 heavy (non-hydrogen) atoms. The molecule has 0 fully saturated rings. The van der Waals surface area contributed by atoms with Gasteiger partial charge in [-0.1, -0.05) is 0 Å². The third-order valence-electron chi connectivity index (χ3n) is 2.41. The van der Waals surface area contributed by atoms with Crippen molar-refractivity contribution in [2.75, 3.05) is 23.9 Å². The molecule has 1 heterocycles. The van der Waals surface area contributed by atoms with E-state index < -0.39 is 15.6 Å². The van der Waals surface area contributed by atoms with Gasteiger partial charge in [0.05, 0.1) is 18.0 Å². The minimum atomic E-state index is -3.27. The third kappa shape index (κ3) is 6.63. The van der Waals surface area contributed by atoms with Gasteiger partial charge in [-0.2, -0.15) is 4.98 Å². The van der Waals surface area contributed by atoms with Crippen LogP contribution in [-0.4, -0.2) is 37.8 Å². The van der Waals surface area contributed by atoms with Crippen LogP contribution in [0.2, 0.25) is 0 Å². The Labute approximate surface area is 126 Å². The van der Waals surface area contributed by atoms with Crippen molar-refractivity contribution in [3.8, 4) is 5.88 Å². The molecule has 0 aliphatic carbocycles. The fourth-order valence-corrected chi connectivity index (χ4v) is 2.79. The molecule has 1 aromatic heterocycles. The Morgan fingerprint density at radius 2 is 2.00 bits per heavy atom. The number of hydrogen-bond acceptors (Lipinski definition) is 6. The lowest BCUT2D eigenvalue weighted by molar-refractivity contribution is 0.234. The predicted molar refractivity (Wildman–Crippen MR) is 85.0 cm³/mol. The van der Waals surface area contributed by atoms with Gasteiger partial charge in [0.2, 0.25) is 15.9 Å². The first-order valence-electron chi connectivity index (χ1n) is 6.64. The third-order valence-corrected chi connectivity index (χ3v) is 3.33. The molecule has 0 amide bonds. The van der Waals surface area contributed by atoms with Gasteiger partial charge in [0.25, 0.3) is 0 Å². The molecule has 1 rings (SSSR count). The Morgan fingerprint density at radius 1 is 1.38 bits per heavy atom. The van der Waals surface area contributed by atoms with Gasteiger partial charge < -0.3 is 15.8 Å². The van der Waals surface area contributed by atoms with Crippen molar-refractivity contribution in [3.05, 3.63) is 12.1 Å². The van der Waals surface area contributed by atoms with E-state index in [9.17, 15) is 8.42 Å². The summed E-state index contributed by atoms with van der Waals surface area (Å²) in [6.45, 7) is 7.71. The fourth-order valence-electron chi connectivity index (χ4n) is 1.72. The quantitative estimate of drug-likeness (QED) is 0.697. The Kier molecular flexibility index (Phi) is 5.41. The van der Waals surface area contributed by atoms with Crippen LogP contribution in [0.3, 0.4) is 0 Å². The monoisotopic (exact) mass is 316 g/mol. The topological polar surface area (TPSA) is 106 Å². The maximum Gasteiger partial charge on any atom is 0.239 e. The number of nitrogens with one attached hydrogen (secondary N) is 2. The molecular formula is C13H24N4O3S. The molecule has 0 saturated carbocycles. The number of pyridine rings is 1. The first-order valence-corrected chi connectivity index (χ1v) is 8.54. The average Bonchev–Trinajstić information content (AvgIpc) is 2.26. The summed E-state index contributed by atoms with van der Waals surface area (Å²) in [5, 5.41) is 3.07. The van der Waals surface area contributed by atoms with E-state index in [1.54, 1.807) is 26.0 Å². The Bertz CT molecular complexity index is 585. The fraction of sp³-hybridized carbons (Fsp3) is 0.615. The molecule has 7 nitrogen and oxygen atoms in total. The first kappa shape index (κ1) is 17.5. The van der Waals surface area contributed by atoms with E-state index in [-0.39, 0.29) is 6.10 Å². The van der Waals surface area contributed by atoms with E-state index >= 15 is 0 Å². The Morgan fingerprint density at radius 3 is 2.52 bits per heavy atom. The lowest BCUT2D eigenvalue weighted by Gasteiger charge is -2.25. The zero-order chi connectivity index (χ0) is 16.3. The molecule has 1 aromatic rings. The molecule has 8 heteroatoms. The highest BCUT2D eigenvalue weighted by molar-refractivity contribution is 7.88. The van der Waals surface area contributed by atoms with Gasteiger partial charge in [-0.3, -0.25) is 0 Å². The second-order valence-corrected chi connectivity index (χ2v) is 7.62. The van der Waals surface area contributed by atoms with Gasteiger partial charge in [-0.15, -0.1) is 0 Å². The van der Waals surface area contributed by atoms with E-state index in [2.05, 4.69) is 15.0 Å². The largest absolute Gasteiger partial charge is 0.473 e. The number of sulfonamides is 1. The van der Waals surface area contributed by atoms with Crippen molar-refractivity contribution in [2.45, 2.75) is 39.3 Å². The van der Waals surface area contributed by atoms with Crippen LogP contribution >= 0.6 is 0 Å². The highest BCUT2D eigenvalue weighted by atomic mass is 32.2. The van der Waals surface area contributed by atoms with Gasteiger partial charge in [0.15, 0.2) is 0 Å². The molecule has 0 spiro atoms. The Hall–Kier alpha value is -1.54. The number of nitrogens with zero attached hydrogens (tertiary/aromatic N) is 1. The second kappa shape index (κ2) is 6.48. The highest BCUT2D eigenvalue weighted by Gasteiger charge is 2.22. The van der Waals surface area contributed by atoms with Crippen LogP contribution in [-0.2, 0) is 10.0 Å². The van der Waals surface area contributed by atoms with Crippen LogP contribution in [0.25, 0.3) is 0 Å². The van der Waals surface area contributed by atoms with Gasteiger partial charge >= 0.3 is 0 Å². The zero-order valence-electron chi connectivity index (χ0n) is 13.1. The smallest absolute Gasteiger partial charge is 0.239 e. The summed E-state index contributed by atoms with van der Waals surface area (Å²) >= 11 is 0. The number of anilines is 2. The maximum atomic E-state index is 11.3. The Balaban J connectivity index is 2.75. The number of ether oxygens (including phenoxy) is 1. The van der Waals surface area contributed by atoms with Crippen LogP contribution in [0.1, 0.15) is 27.7 Å². The lowest BCUT2D eigenvalue weighted by atomic mass is 10.1. The van der Waals surface area contributed by atoms with Crippen LogP contribution in [0.15, 0.2) is 12.1 Å². The summed E-state index contributed by atoms with van der Waals surface area (Å²) in [5.74, 6) is 0.937. The number of nitrogens with two attached hydrogens (primary N) is 1. The van der Waals surface area contributed by atoms with Crippen LogP contribution in [0.5, 0.6) is 5.88 Å². The van der Waals surface area contributed by atoms with E-state index in [0.717, 1.165) is 6.26 Å². The predicted octanol–water partition coefficient (Wildman–Crippen LogP) is 1.19. The molecule has 0 unspecified atom stereocenters. The summed E-state index contributed by atoms with van der Waals surface area (Å²) < 4.78 is 30.6. The van der Waals surface area contributed by atoms with Crippen molar-refractivity contribution in [1.82, 2.24) is 9.71 Å². The normalized spacial score (nSPS) is 12.5. The molecule has 0 atom stereocenters. The number of aromatic nitrogens is 1. The minimum Gasteiger partial charge on any atom is -0.473 e. The van der Waals surface area contributed by atoms with Crippen LogP contribution in [0, 0.1) is 0 Å². The van der Waals surface area contributed by atoms with Crippen molar-refractivity contribution >= 4 is 21.5 Å². The number of rotatable bonds is 7. The summed E-state index contributed by atoms with van der Waals surface area (Å²) in [5.41, 5.74) is 5.61. The molecule has 120 valence electrons. The molecule has 0 aliphatic heterocycles. The summed E-state index contributed by atoms with van der Waals surface area (Å²) in [4.78, 5) is 4.28. The average molecular weight is 316 g/mol. The van der Waals surface area contributed by atoms with E-state index in [1.165, 1.54) is 0 Å². The molecule has 0 bridgehead atoms. The summed E-state index contributed by atoms with van der Waals surface area (Å²) in [7, 11) is -3.27. The van der Waals surface area contributed by atoms with E-state index in [1.807, 2.05) is 13.8 Å². The molecule has 0 radical (unpaired) electrons. The second-order valence-electron chi connectivity index (χ2n) is 5.87. The molecule has 0 saturated heterocycles. The number of hydrogen-bond donors (Lipinski definition) is 3. The highest BCUT2D eigenvalue weighted by Crippen LogP contribution is 2.22. The first-order chi connectivity index (χ1) is 9.48. The van der Waals surface area contributed by atoms with E-state index in [0.29, 0.717) is 23.9 Å². The van der Waals surface area contributed by atoms with Crippen LogP contribution < -0.4 is 20.5 Å². The molecular weight excluding hydrogens is 292 g/mol. The molecule has 0 aromatic carbocycles. The van der Waals surface area contributed by atoms with Gasteiger partial charge in [0, 0.05) is 12.1 Å². The van der Waals surface area contributed by atoms with Crippen molar-refractivity contribution in [2.24, 2.45) is 0 Å². The SMILES string of the molecule is CC(C)Oc1nc(NCC(C)(C)NS(C)(=O)=O)ccc1N. The van der Waals surface area contributed by atoms with Gasteiger partial charge in [-0.05, 0) is 39.8 Å². The summed E-state index contributed by atoms with van der Waals surface area (Å²) in [6, 6.07) is 3.42. The minimum absolute atomic E-state index is 0.0293.